The smallest absolute Gasteiger partial charge is 0.0633 e. The Bertz CT molecular complexity index is 702. The highest BCUT2D eigenvalue weighted by Gasteiger charge is 2.10. The maximum absolute atomic E-state index is 5.03. The first kappa shape index (κ1) is 22.1. The summed E-state index contributed by atoms with van der Waals surface area (Å²) in [4.78, 5) is 10.0. The monoisotopic (exact) mass is 376 g/mol. The first-order chi connectivity index (χ1) is 13.8. The second-order valence-corrected chi connectivity index (χ2v) is 7.41. The molecule has 0 saturated carbocycles. The second-order valence-electron chi connectivity index (χ2n) is 7.41. The zero-order valence-electron chi connectivity index (χ0n) is 17.7. The zero-order valence-corrected chi connectivity index (χ0v) is 17.7. The molecule has 150 valence electrons. The Balaban J connectivity index is 2.19. The summed E-state index contributed by atoms with van der Waals surface area (Å²) in [6, 6.07) is 20.6. The van der Waals surface area contributed by atoms with Crippen LogP contribution in [-0.2, 0) is 0 Å². The van der Waals surface area contributed by atoms with Gasteiger partial charge in [-0.3, -0.25) is 9.98 Å². The zero-order chi connectivity index (χ0) is 19.9. The van der Waals surface area contributed by atoms with Crippen molar-refractivity contribution in [1.82, 2.24) is 0 Å². The predicted octanol–water partition coefficient (Wildman–Crippen LogP) is 8.47. The third kappa shape index (κ3) is 8.65. The van der Waals surface area contributed by atoms with E-state index in [1.807, 2.05) is 12.1 Å². The third-order valence-electron chi connectivity index (χ3n) is 4.91. The molecule has 0 aliphatic heterocycles. The van der Waals surface area contributed by atoms with Gasteiger partial charge in [-0.25, -0.2) is 0 Å². The molecule has 2 nitrogen and oxygen atoms in total. The molecule has 0 aliphatic rings. The highest BCUT2D eigenvalue weighted by molar-refractivity contribution is 6.43. The molecule has 0 unspecified atom stereocenters. The van der Waals surface area contributed by atoms with Gasteiger partial charge in [-0.2, -0.15) is 0 Å². The Morgan fingerprint density at radius 1 is 0.536 bits per heavy atom. The molecular formula is C26H36N2. The molecule has 0 radical (unpaired) electrons. The van der Waals surface area contributed by atoms with Gasteiger partial charge < -0.3 is 0 Å². The van der Waals surface area contributed by atoms with Crippen LogP contribution in [0.25, 0.3) is 0 Å². The second kappa shape index (κ2) is 13.9. The number of benzene rings is 2. The number of nitrogens with zero attached hydrogens (tertiary/aromatic N) is 2. The molecular weight excluding hydrogens is 340 g/mol. The van der Waals surface area contributed by atoms with Crippen molar-refractivity contribution < 1.29 is 0 Å². The molecule has 2 aromatic carbocycles. The van der Waals surface area contributed by atoms with E-state index in [-0.39, 0.29) is 0 Å². The number of aliphatic imine (C=N–C) groups is 2. The average Bonchev–Trinajstić information content (AvgIpc) is 2.74. The van der Waals surface area contributed by atoms with E-state index in [1.165, 1.54) is 50.7 Å². The molecule has 2 rings (SSSR count). The van der Waals surface area contributed by atoms with Crippen molar-refractivity contribution in [2.24, 2.45) is 9.98 Å². The van der Waals surface area contributed by atoms with Crippen LogP contribution in [0.3, 0.4) is 0 Å². The minimum Gasteiger partial charge on any atom is -0.252 e. The van der Waals surface area contributed by atoms with E-state index < -0.39 is 0 Å². The first-order valence-electron chi connectivity index (χ1n) is 11.1. The van der Waals surface area contributed by atoms with E-state index in [0.29, 0.717) is 0 Å². The van der Waals surface area contributed by atoms with Gasteiger partial charge >= 0.3 is 0 Å². The molecule has 2 aromatic rings. The highest BCUT2D eigenvalue weighted by Crippen LogP contribution is 2.19. The van der Waals surface area contributed by atoms with E-state index in [4.69, 9.17) is 9.98 Å². The molecule has 0 bridgehead atoms. The van der Waals surface area contributed by atoms with Crippen LogP contribution in [0.4, 0.5) is 11.4 Å². The topological polar surface area (TPSA) is 24.7 Å². The molecule has 2 heteroatoms. The van der Waals surface area contributed by atoms with Crippen LogP contribution >= 0.6 is 0 Å². The first-order valence-corrected chi connectivity index (χ1v) is 11.1. The quantitative estimate of drug-likeness (QED) is 0.247. The summed E-state index contributed by atoms with van der Waals surface area (Å²) in [7, 11) is 0. The van der Waals surface area contributed by atoms with Gasteiger partial charge in [0.15, 0.2) is 0 Å². The fourth-order valence-electron chi connectivity index (χ4n) is 3.26. The Kier molecular flexibility index (Phi) is 10.9. The summed E-state index contributed by atoms with van der Waals surface area (Å²) in [6.45, 7) is 4.51. The number of hydrogen-bond acceptors (Lipinski definition) is 2. The summed E-state index contributed by atoms with van der Waals surface area (Å²) in [5.74, 6) is 0. The largest absolute Gasteiger partial charge is 0.252 e. The predicted molar refractivity (Wildman–Crippen MR) is 125 cm³/mol. The molecule has 0 heterocycles. The van der Waals surface area contributed by atoms with Gasteiger partial charge in [0, 0.05) is 0 Å². The Hall–Kier alpha value is -2.22. The highest BCUT2D eigenvalue weighted by atomic mass is 14.8. The lowest BCUT2D eigenvalue weighted by molar-refractivity contribution is 0.616. The van der Waals surface area contributed by atoms with E-state index in [1.54, 1.807) is 0 Å². The van der Waals surface area contributed by atoms with Crippen molar-refractivity contribution in [3.8, 4) is 0 Å². The maximum Gasteiger partial charge on any atom is 0.0633 e. The summed E-state index contributed by atoms with van der Waals surface area (Å²) in [6.07, 6.45) is 12.1. The van der Waals surface area contributed by atoms with Crippen molar-refractivity contribution in [3.05, 3.63) is 60.7 Å². The molecule has 0 aromatic heterocycles. The van der Waals surface area contributed by atoms with Crippen LogP contribution < -0.4 is 0 Å². The van der Waals surface area contributed by atoms with E-state index in [9.17, 15) is 0 Å². The fourth-order valence-corrected chi connectivity index (χ4v) is 3.26. The third-order valence-corrected chi connectivity index (χ3v) is 4.91. The average molecular weight is 377 g/mol. The molecule has 0 fully saturated rings. The number of unbranched alkanes of at least 4 members (excludes halogenated alkanes) is 6. The van der Waals surface area contributed by atoms with Crippen LogP contribution in [0.15, 0.2) is 70.6 Å². The fraction of sp³-hybridized carbons (Fsp3) is 0.462. The lowest BCUT2D eigenvalue weighted by Gasteiger charge is -2.11. The minimum absolute atomic E-state index is 0.993. The van der Waals surface area contributed by atoms with Crippen LogP contribution in [0.2, 0.25) is 0 Å². The Labute approximate surface area is 171 Å². The number of hydrogen-bond donors (Lipinski definition) is 0. The van der Waals surface area contributed by atoms with Gasteiger partial charge in [0.25, 0.3) is 0 Å². The van der Waals surface area contributed by atoms with Crippen molar-refractivity contribution >= 4 is 22.8 Å². The van der Waals surface area contributed by atoms with Gasteiger partial charge in [0.1, 0.15) is 0 Å². The molecule has 0 saturated heterocycles. The van der Waals surface area contributed by atoms with E-state index in [0.717, 1.165) is 36.3 Å². The van der Waals surface area contributed by atoms with Gasteiger partial charge in [-0.1, -0.05) is 88.8 Å². The van der Waals surface area contributed by atoms with Crippen LogP contribution in [-0.4, -0.2) is 11.4 Å². The van der Waals surface area contributed by atoms with Crippen molar-refractivity contribution in [2.45, 2.75) is 78.1 Å². The van der Waals surface area contributed by atoms with Gasteiger partial charge in [0.2, 0.25) is 0 Å². The SMILES string of the molecule is CCCCCCCCC(=Nc1ccccc1)C(CCCC)=Nc1ccccc1. The summed E-state index contributed by atoms with van der Waals surface area (Å²) in [5, 5.41) is 0. The van der Waals surface area contributed by atoms with Gasteiger partial charge in [-0.15, -0.1) is 0 Å². The lowest BCUT2D eigenvalue weighted by Crippen LogP contribution is -2.14. The molecule has 0 N–H and O–H groups in total. The van der Waals surface area contributed by atoms with E-state index >= 15 is 0 Å². The van der Waals surface area contributed by atoms with Crippen molar-refractivity contribution in [2.75, 3.05) is 0 Å². The molecule has 0 aliphatic carbocycles. The normalized spacial score (nSPS) is 12.4. The summed E-state index contributed by atoms with van der Waals surface area (Å²) in [5.41, 5.74) is 4.38. The van der Waals surface area contributed by atoms with Gasteiger partial charge in [0.05, 0.1) is 22.8 Å². The van der Waals surface area contributed by atoms with Crippen molar-refractivity contribution in [3.63, 3.8) is 0 Å². The van der Waals surface area contributed by atoms with Crippen LogP contribution in [0.5, 0.6) is 0 Å². The Morgan fingerprint density at radius 2 is 0.964 bits per heavy atom. The van der Waals surface area contributed by atoms with Crippen molar-refractivity contribution in [1.29, 1.82) is 0 Å². The summed E-state index contributed by atoms with van der Waals surface area (Å²) >= 11 is 0. The number of rotatable bonds is 13. The van der Waals surface area contributed by atoms with E-state index in [2.05, 4.69) is 62.4 Å². The number of para-hydroxylation sites is 2. The standard InChI is InChI=1S/C26H36N2/c1-3-5-7-8-9-16-22-26(28-24-19-14-11-15-20-24)25(21-6-4-2)27-23-17-12-10-13-18-23/h10-15,17-20H,3-9,16,21-22H2,1-2H3. The molecule has 28 heavy (non-hydrogen) atoms. The van der Waals surface area contributed by atoms with Crippen LogP contribution in [0, 0.1) is 0 Å². The minimum atomic E-state index is 0.993. The molecule has 0 atom stereocenters. The van der Waals surface area contributed by atoms with Gasteiger partial charge in [-0.05, 0) is 49.9 Å². The molecule has 0 amide bonds. The maximum atomic E-state index is 5.03. The van der Waals surface area contributed by atoms with Crippen LogP contribution in [0.1, 0.15) is 78.1 Å². The lowest BCUT2D eigenvalue weighted by atomic mass is 10.0. The molecule has 0 spiro atoms. The summed E-state index contributed by atoms with van der Waals surface area (Å²) < 4.78 is 0. The Morgan fingerprint density at radius 3 is 1.46 bits per heavy atom.